The fourth-order valence-corrected chi connectivity index (χ4v) is 0.831. The van der Waals surface area contributed by atoms with Gasteiger partial charge in [0.15, 0.2) is 0 Å². The number of hydrogen-bond donors (Lipinski definition) is 1. The highest BCUT2D eigenvalue weighted by Gasteiger charge is 1.83. The molecule has 1 aromatic carbocycles. The van der Waals surface area contributed by atoms with Gasteiger partial charge in [0.05, 0.1) is 0 Å². The minimum atomic E-state index is 0.821. The van der Waals surface area contributed by atoms with E-state index in [0.717, 1.165) is 6.42 Å². The van der Waals surface area contributed by atoms with Gasteiger partial charge in [-0.3, -0.25) is 0 Å². The highest BCUT2D eigenvalue weighted by Crippen LogP contribution is 1.97. The molecule has 0 aliphatic heterocycles. The van der Waals surface area contributed by atoms with E-state index in [9.17, 15) is 0 Å². The lowest BCUT2D eigenvalue weighted by atomic mass is 10.2. The Hall–Kier alpha value is -1.42. The molecule has 0 amide bonds. The topological polar surface area (TPSA) is 12.0 Å². The molecule has 0 spiro atoms. The van der Waals surface area contributed by atoms with E-state index in [0.29, 0.717) is 0 Å². The highest BCUT2D eigenvalue weighted by atomic mass is 14.8. The molecule has 0 unspecified atom stereocenters. The second-order valence-electron chi connectivity index (χ2n) is 2.21. The maximum absolute atomic E-state index is 2.99. The van der Waals surface area contributed by atoms with Crippen LogP contribution >= 0.6 is 0 Å². The molecular weight excluding hydrogens is 134 g/mol. The van der Waals surface area contributed by atoms with Crippen LogP contribution < -0.4 is 5.32 Å². The van der Waals surface area contributed by atoms with E-state index < -0.39 is 0 Å². The van der Waals surface area contributed by atoms with E-state index in [4.69, 9.17) is 0 Å². The molecule has 1 heteroatoms. The maximum atomic E-state index is 2.99. The molecule has 0 saturated carbocycles. The summed E-state index contributed by atoms with van der Waals surface area (Å²) in [5.74, 6) is 2.99. The number of nitrogens with one attached hydrogen (secondary N) is 1. The standard InChI is InChI=1S/C10H11N/c1-11-9-5-8-10-6-3-2-4-7-10/h2-4,6-7,11H,8H2,1H3. The first kappa shape index (κ1) is 7.68. The molecule has 56 valence electrons. The van der Waals surface area contributed by atoms with Crippen LogP contribution in [0.5, 0.6) is 0 Å². The van der Waals surface area contributed by atoms with Crippen molar-refractivity contribution in [2.75, 3.05) is 7.05 Å². The Morgan fingerprint density at radius 3 is 2.64 bits per heavy atom. The molecule has 0 fully saturated rings. The second kappa shape index (κ2) is 4.40. The van der Waals surface area contributed by atoms with Crippen LogP contribution in [0.15, 0.2) is 30.3 Å². The SMILES string of the molecule is CNC#CCc1ccccc1. The van der Waals surface area contributed by atoms with Gasteiger partial charge in [0.25, 0.3) is 0 Å². The van der Waals surface area contributed by atoms with Crippen LogP contribution in [0, 0.1) is 12.0 Å². The Labute approximate surface area is 67.4 Å². The normalized spacial score (nSPS) is 8.09. The first-order chi connectivity index (χ1) is 5.43. The smallest absolute Gasteiger partial charge is 0.0358 e. The van der Waals surface area contributed by atoms with Crippen molar-refractivity contribution in [3.05, 3.63) is 35.9 Å². The van der Waals surface area contributed by atoms with Crippen molar-refractivity contribution in [2.45, 2.75) is 6.42 Å². The average Bonchev–Trinajstić information content (AvgIpc) is 2.07. The number of benzene rings is 1. The number of hydrogen-bond acceptors (Lipinski definition) is 1. The molecule has 11 heavy (non-hydrogen) atoms. The minimum Gasteiger partial charge on any atom is -0.349 e. The lowest BCUT2D eigenvalue weighted by Crippen LogP contribution is -1.92. The van der Waals surface area contributed by atoms with Crippen molar-refractivity contribution in [3.8, 4) is 12.0 Å². The fourth-order valence-electron chi connectivity index (χ4n) is 0.831. The van der Waals surface area contributed by atoms with Gasteiger partial charge in [0, 0.05) is 19.5 Å². The van der Waals surface area contributed by atoms with Gasteiger partial charge in [-0.05, 0) is 5.56 Å². The van der Waals surface area contributed by atoms with E-state index in [2.05, 4.69) is 29.4 Å². The zero-order valence-electron chi connectivity index (χ0n) is 6.59. The van der Waals surface area contributed by atoms with Crippen molar-refractivity contribution >= 4 is 0 Å². The van der Waals surface area contributed by atoms with E-state index >= 15 is 0 Å². The Morgan fingerprint density at radius 2 is 2.00 bits per heavy atom. The zero-order valence-corrected chi connectivity index (χ0v) is 6.59. The molecule has 0 heterocycles. The third kappa shape index (κ3) is 2.77. The second-order valence-corrected chi connectivity index (χ2v) is 2.21. The van der Waals surface area contributed by atoms with Crippen LogP contribution in [-0.2, 0) is 6.42 Å². The van der Waals surface area contributed by atoms with E-state index in [1.165, 1.54) is 5.56 Å². The average molecular weight is 145 g/mol. The summed E-state index contributed by atoms with van der Waals surface area (Å²) in [5.41, 5.74) is 1.26. The molecule has 0 saturated heterocycles. The quantitative estimate of drug-likeness (QED) is 0.465. The molecule has 0 atom stereocenters. The molecule has 1 nitrogen and oxygen atoms in total. The summed E-state index contributed by atoms with van der Waals surface area (Å²) < 4.78 is 0. The van der Waals surface area contributed by atoms with Gasteiger partial charge in [-0.15, -0.1) is 0 Å². The third-order valence-electron chi connectivity index (χ3n) is 1.35. The van der Waals surface area contributed by atoms with Crippen LogP contribution in [0.2, 0.25) is 0 Å². The van der Waals surface area contributed by atoms with Gasteiger partial charge < -0.3 is 5.32 Å². The molecule has 0 aromatic heterocycles. The van der Waals surface area contributed by atoms with Gasteiger partial charge in [0.1, 0.15) is 0 Å². The van der Waals surface area contributed by atoms with E-state index in [-0.39, 0.29) is 0 Å². The molecule has 1 N–H and O–H groups in total. The van der Waals surface area contributed by atoms with Gasteiger partial charge >= 0.3 is 0 Å². The van der Waals surface area contributed by atoms with Gasteiger partial charge in [-0.25, -0.2) is 0 Å². The summed E-state index contributed by atoms with van der Waals surface area (Å²) >= 11 is 0. The molecule has 0 aliphatic carbocycles. The zero-order chi connectivity index (χ0) is 7.94. The van der Waals surface area contributed by atoms with Crippen LogP contribution in [0.1, 0.15) is 5.56 Å². The summed E-state index contributed by atoms with van der Waals surface area (Å²) in [6.45, 7) is 0. The van der Waals surface area contributed by atoms with Crippen molar-refractivity contribution in [3.63, 3.8) is 0 Å². The van der Waals surface area contributed by atoms with Crippen LogP contribution in [0.4, 0.5) is 0 Å². The minimum absolute atomic E-state index is 0.821. The van der Waals surface area contributed by atoms with Gasteiger partial charge in [-0.2, -0.15) is 0 Å². The first-order valence-corrected chi connectivity index (χ1v) is 3.62. The highest BCUT2D eigenvalue weighted by molar-refractivity contribution is 5.20. The Bertz CT molecular complexity index is 253. The van der Waals surface area contributed by atoms with Crippen LogP contribution in [0.25, 0.3) is 0 Å². The fraction of sp³-hybridized carbons (Fsp3) is 0.200. The molecule has 0 bridgehead atoms. The van der Waals surface area contributed by atoms with Crippen LogP contribution in [-0.4, -0.2) is 7.05 Å². The Balaban J connectivity index is 2.52. The van der Waals surface area contributed by atoms with Crippen molar-refractivity contribution < 1.29 is 0 Å². The summed E-state index contributed by atoms with van der Waals surface area (Å²) in [7, 11) is 1.82. The predicted octanol–water partition coefficient (Wildman–Crippen LogP) is 1.41. The Kier molecular flexibility index (Phi) is 3.08. The lowest BCUT2D eigenvalue weighted by molar-refractivity contribution is 1.15. The molecule has 1 aromatic rings. The van der Waals surface area contributed by atoms with E-state index in [1.807, 2.05) is 25.2 Å². The first-order valence-electron chi connectivity index (χ1n) is 3.62. The predicted molar refractivity (Wildman–Crippen MR) is 47.0 cm³/mol. The summed E-state index contributed by atoms with van der Waals surface area (Å²) in [6, 6.07) is 13.0. The number of rotatable bonds is 1. The van der Waals surface area contributed by atoms with Crippen molar-refractivity contribution in [1.82, 2.24) is 5.32 Å². The maximum Gasteiger partial charge on any atom is 0.0358 e. The summed E-state index contributed by atoms with van der Waals surface area (Å²) in [4.78, 5) is 0. The Morgan fingerprint density at radius 1 is 1.27 bits per heavy atom. The van der Waals surface area contributed by atoms with Crippen LogP contribution in [0.3, 0.4) is 0 Å². The van der Waals surface area contributed by atoms with Gasteiger partial charge in [-0.1, -0.05) is 36.3 Å². The summed E-state index contributed by atoms with van der Waals surface area (Å²) in [5, 5.41) is 2.78. The molecule has 0 aliphatic rings. The third-order valence-corrected chi connectivity index (χ3v) is 1.35. The van der Waals surface area contributed by atoms with Crippen molar-refractivity contribution in [2.24, 2.45) is 0 Å². The molecule has 1 rings (SSSR count). The van der Waals surface area contributed by atoms with E-state index in [1.54, 1.807) is 0 Å². The molecule has 0 radical (unpaired) electrons. The monoisotopic (exact) mass is 145 g/mol. The van der Waals surface area contributed by atoms with Gasteiger partial charge in [0.2, 0.25) is 0 Å². The lowest BCUT2D eigenvalue weighted by Gasteiger charge is -1.90. The molecular formula is C10H11N. The van der Waals surface area contributed by atoms with Crippen molar-refractivity contribution in [1.29, 1.82) is 0 Å². The summed E-state index contributed by atoms with van der Waals surface area (Å²) in [6.07, 6.45) is 0.821. The largest absolute Gasteiger partial charge is 0.349 e.